The molecule has 0 radical (unpaired) electrons. The summed E-state index contributed by atoms with van der Waals surface area (Å²) in [5, 5.41) is 8.63. The van der Waals surface area contributed by atoms with Gasteiger partial charge in [0.15, 0.2) is 0 Å². The Labute approximate surface area is 98.6 Å². The molecule has 0 aliphatic carbocycles. The molecule has 0 aliphatic heterocycles. The molecule has 0 aliphatic rings. The number of carbonyl (C=O) groups is 1. The topological polar surface area (TPSA) is 63.3 Å². The van der Waals surface area contributed by atoms with E-state index in [9.17, 15) is 0 Å². The molecule has 0 aromatic heterocycles. The fourth-order valence-electron chi connectivity index (χ4n) is 1.34. The van der Waals surface area contributed by atoms with Crippen LogP contribution < -0.4 is 11.0 Å². The maximum atomic E-state index is 9.00. The van der Waals surface area contributed by atoms with Crippen molar-refractivity contribution in [2.45, 2.75) is 20.3 Å². The van der Waals surface area contributed by atoms with E-state index in [0.717, 1.165) is 24.6 Å². The summed E-state index contributed by atoms with van der Waals surface area (Å²) < 4.78 is 0. The summed E-state index contributed by atoms with van der Waals surface area (Å²) in [5.41, 5.74) is 8.96. The lowest BCUT2D eigenvalue weighted by atomic mass is 10.0. The fraction of sp³-hybridized carbons (Fsp3) is 0.250. The normalized spacial score (nSPS) is 8.94. The lowest BCUT2D eigenvalue weighted by molar-refractivity contribution is -0.134. The van der Waals surface area contributed by atoms with E-state index in [1.54, 1.807) is 0 Å². The lowest BCUT2D eigenvalue weighted by Gasteiger charge is -2.09. The molecule has 88 valence electrons. The fourth-order valence-corrected chi connectivity index (χ4v) is 1.79. The molecule has 0 bridgehead atoms. The van der Waals surface area contributed by atoms with E-state index >= 15 is 0 Å². The zero-order chi connectivity index (χ0) is 12.7. The summed E-state index contributed by atoms with van der Waals surface area (Å²) in [7, 11) is 2.71. The minimum atomic E-state index is -0.833. The van der Waals surface area contributed by atoms with Crippen LogP contribution in [0.5, 0.6) is 0 Å². The summed E-state index contributed by atoms with van der Waals surface area (Å²) in [6, 6.07) is 3.93. The molecule has 0 saturated heterocycles. The van der Waals surface area contributed by atoms with Gasteiger partial charge in [-0.1, -0.05) is 25.6 Å². The van der Waals surface area contributed by atoms with E-state index in [2.05, 4.69) is 22.7 Å². The van der Waals surface area contributed by atoms with Gasteiger partial charge in [-0.3, -0.25) is 4.79 Å². The molecule has 3 N–H and O–H groups in total. The highest BCUT2D eigenvalue weighted by molar-refractivity contribution is 7.27. The largest absolute Gasteiger partial charge is 0.481 e. The van der Waals surface area contributed by atoms with Crippen molar-refractivity contribution in [1.82, 2.24) is 0 Å². The predicted molar refractivity (Wildman–Crippen MR) is 73.0 cm³/mol. The van der Waals surface area contributed by atoms with Crippen molar-refractivity contribution in [2.75, 3.05) is 5.73 Å². The van der Waals surface area contributed by atoms with Crippen molar-refractivity contribution in [3.63, 3.8) is 0 Å². The quantitative estimate of drug-likeness (QED) is 0.613. The Kier molecular flexibility index (Phi) is 6.43. The van der Waals surface area contributed by atoms with Crippen molar-refractivity contribution in [3.05, 3.63) is 29.8 Å². The molecule has 3 nitrogen and oxygen atoms in total. The van der Waals surface area contributed by atoms with Gasteiger partial charge >= 0.3 is 0 Å². The van der Waals surface area contributed by atoms with E-state index in [1.807, 2.05) is 18.2 Å². The van der Waals surface area contributed by atoms with Gasteiger partial charge in [0.05, 0.1) is 0 Å². The summed E-state index contributed by atoms with van der Waals surface area (Å²) in [5.74, 6) is -0.833. The second kappa shape index (κ2) is 7.02. The van der Waals surface area contributed by atoms with Crippen LogP contribution in [0, 0.1) is 0 Å². The van der Waals surface area contributed by atoms with Gasteiger partial charge in [0, 0.05) is 18.2 Å². The number of nitrogen functional groups attached to an aromatic ring is 1. The maximum Gasteiger partial charge on any atom is 0.300 e. The summed E-state index contributed by atoms with van der Waals surface area (Å²) in [6.45, 7) is 6.96. The van der Waals surface area contributed by atoms with Crippen LogP contribution in [-0.2, 0) is 11.2 Å². The molecule has 16 heavy (non-hydrogen) atoms. The average molecular weight is 239 g/mol. The van der Waals surface area contributed by atoms with Crippen molar-refractivity contribution in [2.24, 2.45) is 0 Å². The second-order valence-corrected chi connectivity index (χ2v) is 3.83. The maximum absolute atomic E-state index is 9.00. The van der Waals surface area contributed by atoms with Crippen molar-refractivity contribution in [3.8, 4) is 0 Å². The van der Waals surface area contributed by atoms with Crippen LogP contribution in [0.3, 0.4) is 0 Å². The molecule has 1 aromatic rings. The third-order valence-electron chi connectivity index (χ3n) is 1.98. The van der Waals surface area contributed by atoms with Gasteiger partial charge in [-0.05, 0) is 23.4 Å². The minimum absolute atomic E-state index is 0.813. The molecule has 1 atom stereocenters. The summed E-state index contributed by atoms with van der Waals surface area (Å²) >= 11 is 0. The number of benzene rings is 1. The van der Waals surface area contributed by atoms with Crippen molar-refractivity contribution >= 4 is 32.3 Å². The van der Waals surface area contributed by atoms with Gasteiger partial charge in [0.25, 0.3) is 5.97 Å². The number of nitrogens with two attached hydrogens (primary N) is 1. The first-order valence-electron chi connectivity index (χ1n) is 4.92. The Bertz CT molecular complexity index is 385. The molecule has 0 amide bonds. The van der Waals surface area contributed by atoms with Crippen molar-refractivity contribution < 1.29 is 9.90 Å². The van der Waals surface area contributed by atoms with Gasteiger partial charge in [0.1, 0.15) is 0 Å². The van der Waals surface area contributed by atoms with Gasteiger partial charge < -0.3 is 10.8 Å². The second-order valence-electron chi connectivity index (χ2n) is 3.21. The summed E-state index contributed by atoms with van der Waals surface area (Å²) in [4.78, 5) is 9.00. The highest BCUT2D eigenvalue weighted by atomic mass is 31.0. The van der Waals surface area contributed by atoms with Crippen LogP contribution >= 0.6 is 9.24 Å². The van der Waals surface area contributed by atoms with Crippen LogP contribution in [0.15, 0.2) is 18.7 Å². The Hall–Kier alpha value is -1.34. The van der Waals surface area contributed by atoms with E-state index in [1.165, 1.54) is 10.9 Å². The minimum Gasteiger partial charge on any atom is -0.481 e. The first-order chi connectivity index (χ1) is 7.43. The smallest absolute Gasteiger partial charge is 0.300 e. The van der Waals surface area contributed by atoms with E-state index in [4.69, 9.17) is 15.6 Å². The highest BCUT2D eigenvalue weighted by Crippen LogP contribution is 2.18. The zero-order valence-corrected chi connectivity index (χ0v) is 10.8. The van der Waals surface area contributed by atoms with Gasteiger partial charge in [-0.25, -0.2) is 0 Å². The molecule has 4 heteroatoms. The Morgan fingerprint density at radius 3 is 2.44 bits per heavy atom. The first kappa shape index (κ1) is 14.7. The van der Waals surface area contributed by atoms with E-state index in [-0.39, 0.29) is 0 Å². The third kappa shape index (κ3) is 4.45. The Morgan fingerprint density at radius 1 is 1.62 bits per heavy atom. The van der Waals surface area contributed by atoms with Gasteiger partial charge in [0.2, 0.25) is 0 Å². The van der Waals surface area contributed by atoms with Crippen LogP contribution in [0.1, 0.15) is 25.0 Å². The van der Waals surface area contributed by atoms with Crippen LogP contribution in [0.2, 0.25) is 0 Å². The molecular weight excluding hydrogens is 221 g/mol. The molecule has 1 rings (SSSR count). The number of hydrogen-bond acceptors (Lipinski definition) is 2. The lowest BCUT2D eigenvalue weighted by Crippen LogP contribution is -2.05. The first-order valence-corrected chi connectivity index (χ1v) is 5.50. The molecule has 1 aromatic carbocycles. The standard InChI is InChI=1S/C10H14NP.C2H4O2/c1-3-7-8(4-2)10(12)6-5-9(7)11;1-2(3)4/h3,5-6H,1,4,11-12H2,2H3;1H3,(H,3,4). The molecule has 1 unspecified atom stereocenters. The number of anilines is 1. The van der Waals surface area contributed by atoms with E-state index in [0.29, 0.717) is 0 Å². The third-order valence-corrected chi connectivity index (χ3v) is 2.53. The molecule has 0 fully saturated rings. The van der Waals surface area contributed by atoms with Crippen LogP contribution in [0.4, 0.5) is 5.69 Å². The molecule has 0 spiro atoms. The van der Waals surface area contributed by atoms with E-state index < -0.39 is 5.97 Å². The number of hydrogen-bond donors (Lipinski definition) is 2. The molecular formula is C12H18NO2P. The van der Waals surface area contributed by atoms with Crippen LogP contribution in [-0.4, -0.2) is 11.1 Å². The predicted octanol–water partition coefficient (Wildman–Crippen LogP) is 2.07. The zero-order valence-electron chi connectivity index (χ0n) is 9.66. The number of carboxylic acids is 1. The van der Waals surface area contributed by atoms with Crippen LogP contribution in [0.25, 0.3) is 6.08 Å². The Balaban J connectivity index is 0.000000487. The number of aliphatic carboxylic acids is 1. The molecule has 0 heterocycles. The SMILES string of the molecule is C=Cc1c(N)ccc(P)c1CC.CC(=O)O. The van der Waals surface area contributed by atoms with Gasteiger partial charge in [-0.2, -0.15) is 0 Å². The van der Waals surface area contributed by atoms with Gasteiger partial charge in [-0.15, -0.1) is 9.24 Å². The Morgan fingerprint density at radius 2 is 2.12 bits per heavy atom. The average Bonchev–Trinajstić information content (AvgIpc) is 2.20. The monoisotopic (exact) mass is 239 g/mol. The number of rotatable bonds is 2. The highest BCUT2D eigenvalue weighted by Gasteiger charge is 2.03. The van der Waals surface area contributed by atoms with Crippen molar-refractivity contribution in [1.29, 1.82) is 0 Å². The number of carboxylic acid groups (broad SMARTS) is 1. The summed E-state index contributed by atoms with van der Waals surface area (Å²) in [6.07, 6.45) is 2.81. The molecule has 0 saturated carbocycles.